The maximum absolute atomic E-state index is 13.8. The van der Waals surface area contributed by atoms with Gasteiger partial charge in [0, 0.05) is 17.2 Å². The highest BCUT2D eigenvalue weighted by atomic mass is 19.1. The van der Waals surface area contributed by atoms with Gasteiger partial charge in [0.05, 0.1) is 0 Å². The molecule has 0 fully saturated rings. The van der Waals surface area contributed by atoms with Gasteiger partial charge >= 0.3 is 0 Å². The summed E-state index contributed by atoms with van der Waals surface area (Å²) in [5.74, 6) is -0.0980. The quantitative estimate of drug-likeness (QED) is 0.899. The molecular formula is C15H15FN2O2. The molecule has 0 unspecified atom stereocenters. The minimum atomic E-state index is -0.515. The molecule has 2 aromatic carbocycles. The summed E-state index contributed by atoms with van der Waals surface area (Å²) in [7, 11) is 0. The lowest BCUT2D eigenvalue weighted by atomic mass is 10.1. The number of carbonyl (C=O) groups excluding carboxylic acids is 1. The number of hydrogen-bond donors (Lipinski definition) is 2. The first-order valence-electron chi connectivity index (χ1n) is 6.10. The number of halogens is 1. The van der Waals surface area contributed by atoms with Crippen molar-refractivity contribution in [3.8, 4) is 11.5 Å². The van der Waals surface area contributed by atoms with Crippen LogP contribution < -0.4 is 16.2 Å². The van der Waals surface area contributed by atoms with E-state index in [2.05, 4.69) is 0 Å². The Morgan fingerprint density at radius 2 is 1.85 bits per heavy atom. The topological polar surface area (TPSA) is 78.3 Å². The zero-order chi connectivity index (χ0) is 14.7. The van der Waals surface area contributed by atoms with Crippen molar-refractivity contribution in [2.45, 2.75) is 13.0 Å². The Kier molecular flexibility index (Phi) is 4.00. The SMILES string of the molecule is C[C@H](N)c1c(F)cccc1Oc1ccc(C(N)=O)cc1. The molecule has 1 atom stereocenters. The maximum Gasteiger partial charge on any atom is 0.248 e. The summed E-state index contributed by atoms with van der Waals surface area (Å²) in [4.78, 5) is 11.0. The normalized spacial score (nSPS) is 11.9. The molecule has 0 aliphatic rings. The molecule has 20 heavy (non-hydrogen) atoms. The van der Waals surface area contributed by atoms with E-state index in [1.165, 1.54) is 6.07 Å². The average Bonchev–Trinajstić information content (AvgIpc) is 2.39. The van der Waals surface area contributed by atoms with Gasteiger partial charge in [-0.1, -0.05) is 6.07 Å². The van der Waals surface area contributed by atoms with Crippen LogP contribution in [0.2, 0.25) is 0 Å². The van der Waals surface area contributed by atoms with E-state index in [-0.39, 0.29) is 0 Å². The average molecular weight is 274 g/mol. The molecule has 5 heteroatoms. The van der Waals surface area contributed by atoms with Gasteiger partial charge in [-0.15, -0.1) is 0 Å². The highest BCUT2D eigenvalue weighted by Crippen LogP contribution is 2.30. The molecule has 4 N–H and O–H groups in total. The highest BCUT2D eigenvalue weighted by Gasteiger charge is 2.14. The van der Waals surface area contributed by atoms with Crippen molar-refractivity contribution in [3.05, 3.63) is 59.4 Å². The molecule has 1 amide bonds. The third-order valence-electron chi connectivity index (χ3n) is 2.83. The van der Waals surface area contributed by atoms with Crippen LogP contribution in [-0.4, -0.2) is 5.91 Å². The smallest absolute Gasteiger partial charge is 0.248 e. The van der Waals surface area contributed by atoms with E-state index < -0.39 is 17.8 Å². The van der Waals surface area contributed by atoms with Crippen LogP contribution in [0.3, 0.4) is 0 Å². The van der Waals surface area contributed by atoms with Crippen molar-refractivity contribution in [2.24, 2.45) is 11.5 Å². The minimum Gasteiger partial charge on any atom is -0.457 e. The van der Waals surface area contributed by atoms with Crippen LogP contribution in [0.5, 0.6) is 11.5 Å². The molecule has 2 rings (SSSR count). The Bertz CT molecular complexity index is 624. The lowest BCUT2D eigenvalue weighted by Crippen LogP contribution is -2.10. The van der Waals surface area contributed by atoms with Crippen molar-refractivity contribution in [1.29, 1.82) is 0 Å². The van der Waals surface area contributed by atoms with Crippen LogP contribution in [-0.2, 0) is 0 Å². The zero-order valence-corrected chi connectivity index (χ0v) is 11.0. The fraction of sp³-hybridized carbons (Fsp3) is 0.133. The van der Waals surface area contributed by atoms with Gasteiger partial charge in [0.2, 0.25) is 5.91 Å². The number of rotatable bonds is 4. The summed E-state index contributed by atoms with van der Waals surface area (Å²) in [6.45, 7) is 1.68. The summed E-state index contributed by atoms with van der Waals surface area (Å²) < 4.78 is 19.4. The number of nitrogens with two attached hydrogens (primary N) is 2. The zero-order valence-electron chi connectivity index (χ0n) is 11.0. The first-order valence-corrected chi connectivity index (χ1v) is 6.10. The standard InChI is InChI=1S/C15H15FN2O2/c1-9(17)14-12(16)3-2-4-13(14)20-11-7-5-10(6-8-11)15(18)19/h2-9H,17H2,1H3,(H2,18,19)/t9-/m0/s1. The molecule has 0 saturated carbocycles. The molecule has 0 aromatic heterocycles. The van der Waals surface area contributed by atoms with E-state index >= 15 is 0 Å². The predicted octanol–water partition coefficient (Wildman–Crippen LogP) is 2.74. The molecule has 0 aliphatic heterocycles. The van der Waals surface area contributed by atoms with Gasteiger partial charge in [0.1, 0.15) is 17.3 Å². The minimum absolute atomic E-state index is 0.312. The lowest BCUT2D eigenvalue weighted by Gasteiger charge is -2.14. The molecule has 0 spiro atoms. The summed E-state index contributed by atoms with van der Waals surface area (Å²) in [5, 5.41) is 0. The summed E-state index contributed by atoms with van der Waals surface area (Å²) in [6.07, 6.45) is 0. The summed E-state index contributed by atoms with van der Waals surface area (Å²) in [6, 6.07) is 10.3. The first-order chi connectivity index (χ1) is 9.49. The van der Waals surface area contributed by atoms with Gasteiger partial charge in [-0.25, -0.2) is 4.39 Å². The third-order valence-corrected chi connectivity index (χ3v) is 2.83. The van der Waals surface area contributed by atoms with Gasteiger partial charge in [-0.05, 0) is 43.3 Å². The number of benzene rings is 2. The Morgan fingerprint density at radius 1 is 1.20 bits per heavy atom. The van der Waals surface area contributed by atoms with Gasteiger partial charge < -0.3 is 16.2 Å². The first kappa shape index (κ1) is 14.0. The van der Waals surface area contributed by atoms with Crippen molar-refractivity contribution in [1.82, 2.24) is 0 Å². The van der Waals surface area contributed by atoms with Crippen molar-refractivity contribution in [3.63, 3.8) is 0 Å². The Labute approximate surface area is 116 Å². The van der Waals surface area contributed by atoms with Crippen molar-refractivity contribution in [2.75, 3.05) is 0 Å². The number of carbonyl (C=O) groups is 1. The van der Waals surface area contributed by atoms with Crippen molar-refractivity contribution < 1.29 is 13.9 Å². The Balaban J connectivity index is 2.30. The van der Waals surface area contributed by atoms with Crippen LogP contribution in [0.15, 0.2) is 42.5 Å². The van der Waals surface area contributed by atoms with E-state index in [4.69, 9.17) is 16.2 Å². The largest absolute Gasteiger partial charge is 0.457 e. The van der Waals surface area contributed by atoms with Crippen LogP contribution in [0.25, 0.3) is 0 Å². The number of ether oxygens (including phenoxy) is 1. The fourth-order valence-corrected chi connectivity index (χ4v) is 1.86. The van der Waals surface area contributed by atoms with Crippen LogP contribution in [0, 0.1) is 5.82 Å². The third kappa shape index (κ3) is 2.95. The molecular weight excluding hydrogens is 259 g/mol. The fourth-order valence-electron chi connectivity index (χ4n) is 1.86. The van der Waals surface area contributed by atoms with E-state index in [1.54, 1.807) is 43.3 Å². The van der Waals surface area contributed by atoms with Gasteiger partial charge in [-0.3, -0.25) is 4.79 Å². The molecule has 0 bridgehead atoms. The molecule has 0 heterocycles. The summed E-state index contributed by atoms with van der Waals surface area (Å²) >= 11 is 0. The van der Waals surface area contributed by atoms with E-state index in [1.807, 2.05) is 0 Å². The number of amides is 1. The summed E-state index contributed by atoms with van der Waals surface area (Å²) in [5.41, 5.74) is 11.6. The second-order valence-corrected chi connectivity index (χ2v) is 4.43. The Hall–Kier alpha value is -2.40. The molecule has 0 saturated heterocycles. The molecule has 104 valence electrons. The van der Waals surface area contributed by atoms with Crippen molar-refractivity contribution >= 4 is 5.91 Å². The number of primary amides is 1. The van der Waals surface area contributed by atoms with Gasteiger partial charge in [0.25, 0.3) is 0 Å². The molecule has 0 radical (unpaired) electrons. The monoisotopic (exact) mass is 274 g/mol. The maximum atomic E-state index is 13.8. The van der Waals surface area contributed by atoms with Gasteiger partial charge in [0.15, 0.2) is 0 Å². The Morgan fingerprint density at radius 3 is 2.40 bits per heavy atom. The molecule has 4 nitrogen and oxygen atoms in total. The van der Waals surface area contributed by atoms with Crippen LogP contribution in [0.1, 0.15) is 28.9 Å². The van der Waals surface area contributed by atoms with Crippen LogP contribution in [0.4, 0.5) is 4.39 Å². The van der Waals surface area contributed by atoms with Gasteiger partial charge in [-0.2, -0.15) is 0 Å². The second kappa shape index (κ2) is 5.71. The predicted molar refractivity (Wildman–Crippen MR) is 74.0 cm³/mol. The lowest BCUT2D eigenvalue weighted by molar-refractivity contribution is 0.100. The van der Waals surface area contributed by atoms with E-state index in [0.717, 1.165) is 0 Å². The number of hydrogen-bond acceptors (Lipinski definition) is 3. The molecule has 0 aliphatic carbocycles. The second-order valence-electron chi connectivity index (χ2n) is 4.43. The van der Waals surface area contributed by atoms with E-state index in [0.29, 0.717) is 22.6 Å². The van der Waals surface area contributed by atoms with Crippen LogP contribution >= 0.6 is 0 Å². The highest BCUT2D eigenvalue weighted by molar-refractivity contribution is 5.92. The van der Waals surface area contributed by atoms with E-state index in [9.17, 15) is 9.18 Å². The molecule has 2 aromatic rings.